The van der Waals surface area contributed by atoms with Crippen molar-refractivity contribution in [3.05, 3.63) is 22.4 Å². The van der Waals surface area contributed by atoms with Crippen LogP contribution in [0, 0.1) is 5.92 Å². The van der Waals surface area contributed by atoms with Gasteiger partial charge < -0.3 is 15.0 Å². The average Bonchev–Trinajstić information content (AvgIpc) is 3.14. The van der Waals surface area contributed by atoms with E-state index in [-0.39, 0.29) is 23.8 Å². The summed E-state index contributed by atoms with van der Waals surface area (Å²) in [5.41, 5.74) is 5.35. The minimum Gasteiger partial charge on any atom is -0.383 e. The molecular weight excluding hydrogens is 360 g/mol. The van der Waals surface area contributed by atoms with Crippen LogP contribution in [0.3, 0.4) is 0 Å². The van der Waals surface area contributed by atoms with Crippen LogP contribution < -0.4 is 16.2 Å². The number of likely N-dealkylation sites (tertiary alicyclic amines) is 1. The van der Waals surface area contributed by atoms with Crippen LogP contribution in [-0.2, 0) is 9.53 Å². The third kappa shape index (κ3) is 5.94. The Bertz CT molecular complexity index is 586. The molecule has 0 radical (unpaired) electrons. The summed E-state index contributed by atoms with van der Waals surface area (Å²) in [7, 11) is 1.62. The molecule has 1 saturated heterocycles. The number of nitrogens with zero attached hydrogens (tertiary/aromatic N) is 1. The van der Waals surface area contributed by atoms with Gasteiger partial charge in [-0.25, -0.2) is 0 Å². The molecule has 0 aliphatic carbocycles. The van der Waals surface area contributed by atoms with Gasteiger partial charge >= 0.3 is 0 Å². The fourth-order valence-electron chi connectivity index (χ4n) is 2.67. The molecule has 2 heterocycles. The van der Waals surface area contributed by atoms with Gasteiger partial charge in [-0.2, -0.15) is 0 Å². The van der Waals surface area contributed by atoms with Gasteiger partial charge in [0.25, 0.3) is 5.91 Å². The second-order valence-electron chi connectivity index (χ2n) is 5.99. The highest BCUT2D eigenvalue weighted by Gasteiger charge is 2.28. The first-order valence-electron chi connectivity index (χ1n) is 8.19. The molecule has 1 aliphatic heterocycles. The maximum absolute atomic E-state index is 12.3. The molecule has 7 nitrogen and oxygen atoms in total. The number of amides is 2. The Kier molecular flexibility index (Phi) is 7.60. The van der Waals surface area contributed by atoms with E-state index in [1.54, 1.807) is 7.11 Å². The van der Waals surface area contributed by atoms with E-state index in [0.717, 1.165) is 4.88 Å². The van der Waals surface area contributed by atoms with E-state index in [9.17, 15) is 9.59 Å². The van der Waals surface area contributed by atoms with Crippen molar-refractivity contribution in [2.24, 2.45) is 5.92 Å². The Morgan fingerprint density at radius 3 is 2.72 bits per heavy atom. The Balaban J connectivity index is 1.70. The second kappa shape index (κ2) is 9.69. The smallest absolute Gasteiger partial charge is 0.263 e. The van der Waals surface area contributed by atoms with Crippen molar-refractivity contribution < 1.29 is 14.3 Å². The van der Waals surface area contributed by atoms with E-state index in [1.807, 2.05) is 29.3 Å². The van der Waals surface area contributed by atoms with Crippen LogP contribution in [0.4, 0.5) is 0 Å². The second-order valence-corrected chi connectivity index (χ2v) is 7.34. The lowest BCUT2D eigenvalue weighted by molar-refractivity contribution is -0.126. The molecular formula is C16H24N4O3S2. The lowest BCUT2D eigenvalue weighted by Crippen LogP contribution is -2.52. The van der Waals surface area contributed by atoms with E-state index in [4.69, 9.17) is 17.0 Å². The van der Waals surface area contributed by atoms with Gasteiger partial charge in [-0.15, -0.1) is 11.3 Å². The molecule has 2 rings (SSSR count). The van der Waals surface area contributed by atoms with Crippen LogP contribution in [-0.4, -0.2) is 54.7 Å². The van der Waals surface area contributed by atoms with E-state index < -0.39 is 0 Å². The van der Waals surface area contributed by atoms with Gasteiger partial charge in [-0.05, 0) is 43.4 Å². The number of hydrogen-bond donors (Lipinski definition) is 3. The van der Waals surface area contributed by atoms with Gasteiger partial charge in [0.15, 0.2) is 5.11 Å². The maximum Gasteiger partial charge on any atom is 0.263 e. The monoisotopic (exact) mass is 384 g/mol. The first-order chi connectivity index (χ1) is 12.0. The van der Waals surface area contributed by atoms with Crippen LogP contribution >= 0.6 is 23.6 Å². The maximum atomic E-state index is 12.3. The predicted molar refractivity (Wildman–Crippen MR) is 101 cm³/mol. The van der Waals surface area contributed by atoms with Crippen molar-refractivity contribution in [3.63, 3.8) is 0 Å². The normalized spacial score (nSPS) is 16.2. The third-order valence-corrected chi connectivity index (χ3v) is 5.06. The summed E-state index contributed by atoms with van der Waals surface area (Å²) in [6.07, 6.45) is 1.29. The van der Waals surface area contributed by atoms with Gasteiger partial charge in [0, 0.05) is 32.2 Å². The van der Waals surface area contributed by atoms with Crippen LogP contribution in [0.25, 0.3) is 0 Å². The summed E-state index contributed by atoms with van der Waals surface area (Å²) in [5.74, 6) is -0.185. The molecule has 3 N–H and O–H groups in total. The molecule has 0 unspecified atom stereocenters. The van der Waals surface area contributed by atoms with Crippen molar-refractivity contribution in [1.29, 1.82) is 0 Å². The fourth-order valence-corrected chi connectivity index (χ4v) is 3.62. The van der Waals surface area contributed by atoms with E-state index >= 15 is 0 Å². The van der Waals surface area contributed by atoms with Crippen molar-refractivity contribution in [3.8, 4) is 0 Å². The van der Waals surface area contributed by atoms with E-state index in [0.29, 0.717) is 37.7 Å². The van der Waals surface area contributed by atoms with Gasteiger partial charge in [-0.3, -0.25) is 20.4 Å². The molecule has 0 bridgehead atoms. The molecule has 0 aromatic carbocycles. The standard InChI is InChI=1S/C16H24N4O3S2/c1-11(10-23-2)17-16(24)19-18-14(21)12-5-7-20(8-6-12)15(22)13-4-3-9-25-13/h3-4,9,11-12H,5-8,10H2,1-2H3,(H,18,21)(H2,17,19,24)/t11-/m0/s1. The Labute approximate surface area is 157 Å². The topological polar surface area (TPSA) is 82.7 Å². The Hall–Kier alpha value is -1.71. The number of carbonyl (C=O) groups excluding carboxylic acids is 2. The SMILES string of the molecule is COC[C@H](C)NC(=S)NNC(=O)C1CCN(C(=O)c2cccs2)CC1. The molecule has 1 fully saturated rings. The molecule has 1 aromatic rings. The van der Waals surface area contributed by atoms with E-state index in [2.05, 4.69) is 16.2 Å². The molecule has 0 spiro atoms. The quantitative estimate of drug-likeness (QED) is 0.522. The zero-order valence-corrected chi connectivity index (χ0v) is 16.0. The molecule has 1 atom stereocenters. The number of hydrogen-bond acceptors (Lipinski definition) is 5. The van der Waals surface area contributed by atoms with Crippen LogP contribution in [0.2, 0.25) is 0 Å². The third-order valence-electron chi connectivity index (χ3n) is 3.98. The molecule has 138 valence electrons. The lowest BCUT2D eigenvalue weighted by Gasteiger charge is -2.31. The van der Waals surface area contributed by atoms with E-state index in [1.165, 1.54) is 11.3 Å². The molecule has 1 aromatic heterocycles. The van der Waals surface area contributed by atoms with Crippen molar-refractivity contribution in [2.45, 2.75) is 25.8 Å². The summed E-state index contributed by atoms with van der Waals surface area (Å²) in [6, 6.07) is 3.75. The number of thiocarbonyl (C=S) groups is 1. The predicted octanol–water partition coefficient (Wildman–Crippen LogP) is 1.13. The molecule has 2 amide bonds. The number of ether oxygens (including phenoxy) is 1. The number of carbonyl (C=O) groups is 2. The first-order valence-corrected chi connectivity index (χ1v) is 9.48. The Morgan fingerprint density at radius 1 is 1.40 bits per heavy atom. The largest absolute Gasteiger partial charge is 0.383 e. The van der Waals surface area contributed by atoms with Gasteiger partial charge in [0.1, 0.15) is 0 Å². The highest BCUT2D eigenvalue weighted by atomic mass is 32.1. The number of rotatable bonds is 5. The van der Waals surface area contributed by atoms with Gasteiger partial charge in [-0.1, -0.05) is 6.07 Å². The molecule has 1 aliphatic rings. The van der Waals surface area contributed by atoms with Crippen LogP contribution in [0.5, 0.6) is 0 Å². The Morgan fingerprint density at radius 2 is 2.12 bits per heavy atom. The van der Waals surface area contributed by atoms with Crippen LogP contribution in [0.15, 0.2) is 17.5 Å². The summed E-state index contributed by atoms with van der Waals surface area (Å²) in [4.78, 5) is 27.1. The zero-order chi connectivity index (χ0) is 18.2. The highest BCUT2D eigenvalue weighted by molar-refractivity contribution is 7.80. The number of methoxy groups -OCH3 is 1. The summed E-state index contributed by atoms with van der Waals surface area (Å²) < 4.78 is 5.01. The number of piperidine rings is 1. The van der Waals surface area contributed by atoms with Crippen molar-refractivity contribution in [1.82, 2.24) is 21.1 Å². The van der Waals surface area contributed by atoms with Crippen LogP contribution in [0.1, 0.15) is 29.4 Å². The molecule has 25 heavy (non-hydrogen) atoms. The van der Waals surface area contributed by atoms with Gasteiger partial charge in [0.05, 0.1) is 11.5 Å². The summed E-state index contributed by atoms with van der Waals surface area (Å²) in [6.45, 7) is 3.62. The zero-order valence-electron chi connectivity index (χ0n) is 14.4. The highest BCUT2D eigenvalue weighted by Crippen LogP contribution is 2.20. The summed E-state index contributed by atoms with van der Waals surface area (Å²) >= 11 is 6.56. The minimum absolute atomic E-state index is 0.0458. The molecule has 9 heteroatoms. The average molecular weight is 385 g/mol. The lowest BCUT2D eigenvalue weighted by atomic mass is 9.96. The van der Waals surface area contributed by atoms with Crippen molar-refractivity contribution >= 4 is 40.5 Å². The number of nitrogens with one attached hydrogen (secondary N) is 3. The fraction of sp³-hybridized carbons (Fsp3) is 0.562. The summed E-state index contributed by atoms with van der Waals surface area (Å²) in [5, 5.41) is 5.25. The van der Waals surface area contributed by atoms with Crippen molar-refractivity contribution in [2.75, 3.05) is 26.8 Å². The molecule has 0 saturated carbocycles. The van der Waals surface area contributed by atoms with Gasteiger partial charge in [0.2, 0.25) is 5.91 Å². The first kappa shape index (κ1) is 19.6. The number of hydrazine groups is 1. The number of thiophene rings is 1. The minimum atomic E-state index is -0.126.